The van der Waals surface area contributed by atoms with Gasteiger partial charge >= 0.3 is 6.03 Å². The van der Waals surface area contributed by atoms with Gasteiger partial charge < -0.3 is 24.6 Å². The van der Waals surface area contributed by atoms with Gasteiger partial charge in [-0.05, 0) is 24.6 Å². The highest BCUT2D eigenvalue weighted by molar-refractivity contribution is 5.75. The van der Waals surface area contributed by atoms with Crippen LogP contribution in [0.2, 0.25) is 0 Å². The molecule has 1 fully saturated rings. The van der Waals surface area contributed by atoms with Gasteiger partial charge in [-0.3, -0.25) is 0 Å². The molecule has 6 nitrogen and oxygen atoms in total. The number of amides is 2. The lowest BCUT2D eigenvalue weighted by atomic mass is 10.1. The van der Waals surface area contributed by atoms with Crippen LogP contribution in [0.3, 0.4) is 0 Å². The zero-order valence-electron chi connectivity index (χ0n) is 16.1. The lowest BCUT2D eigenvalue weighted by Crippen LogP contribution is -2.52. The second-order valence-corrected chi connectivity index (χ2v) is 6.60. The summed E-state index contributed by atoms with van der Waals surface area (Å²) in [5, 5.41) is 3.09. The third kappa shape index (κ3) is 4.45. The highest BCUT2D eigenvalue weighted by Gasteiger charge is 2.23. The van der Waals surface area contributed by atoms with Crippen molar-refractivity contribution in [1.29, 1.82) is 0 Å². The summed E-state index contributed by atoms with van der Waals surface area (Å²) < 4.78 is 10.7. The van der Waals surface area contributed by atoms with Crippen LogP contribution in [0.25, 0.3) is 0 Å². The van der Waals surface area contributed by atoms with Gasteiger partial charge in [0, 0.05) is 37.9 Å². The standard InChI is InChI=1S/C21H27N3O3/c1-16(17-7-5-4-6-8-17)22-21(25)24-13-11-23(12-14-24)18-9-10-19(26-2)20(15-18)27-3/h4-10,15-16H,11-14H2,1-3H3,(H,22,25). The molecule has 0 spiro atoms. The quantitative estimate of drug-likeness (QED) is 0.879. The summed E-state index contributed by atoms with van der Waals surface area (Å²) in [6, 6.07) is 15.9. The van der Waals surface area contributed by atoms with Gasteiger partial charge in [-0.1, -0.05) is 30.3 Å². The number of rotatable bonds is 5. The predicted octanol–water partition coefficient (Wildman–Crippen LogP) is 3.30. The Morgan fingerprint density at radius 3 is 2.26 bits per heavy atom. The second-order valence-electron chi connectivity index (χ2n) is 6.60. The molecule has 2 amide bonds. The van der Waals surface area contributed by atoms with Crippen molar-refractivity contribution in [2.45, 2.75) is 13.0 Å². The molecule has 144 valence electrons. The Hall–Kier alpha value is -2.89. The van der Waals surface area contributed by atoms with Crippen molar-refractivity contribution in [3.8, 4) is 11.5 Å². The van der Waals surface area contributed by atoms with Crippen LogP contribution in [0.15, 0.2) is 48.5 Å². The minimum Gasteiger partial charge on any atom is -0.493 e. The molecule has 27 heavy (non-hydrogen) atoms. The number of methoxy groups -OCH3 is 2. The topological polar surface area (TPSA) is 54.0 Å². The van der Waals surface area contributed by atoms with Crippen molar-refractivity contribution in [3.63, 3.8) is 0 Å². The predicted molar refractivity (Wildman–Crippen MR) is 107 cm³/mol. The molecule has 1 heterocycles. The number of benzene rings is 2. The summed E-state index contributed by atoms with van der Waals surface area (Å²) in [4.78, 5) is 16.7. The molecule has 1 atom stereocenters. The van der Waals surface area contributed by atoms with Crippen LogP contribution in [0.4, 0.5) is 10.5 Å². The number of carbonyl (C=O) groups excluding carboxylic acids is 1. The van der Waals surface area contributed by atoms with E-state index in [0.717, 1.165) is 24.3 Å². The molecule has 0 aliphatic carbocycles. The van der Waals surface area contributed by atoms with E-state index in [2.05, 4.69) is 10.2 Å². The van der Waals surface area contributed by atoms with Crippen molar-refractivity contribution in [2.24, 2.45) is 0 Å². The Morgan fingerprint density at radius 1 is 0.963 bits per heavy atom. The molecule has 6 heteroatoms. The maximum atomic E-state index is 12.6. The molecule has 0 aromatic heterocycles. The molecule has 1 N–H and O–H groups in total. The molecule has 1 saturated heterocycles. The van der Waals surface area contributed by atoms with E-state index in [1.54, 1.807) is 14.2 Å². The molecule has 1 aliphatic heterocycles. The molecule has 0 bridgehead atoms. The number of ether oxygens (including phenoxy) is 2. The normalized spacial score (nSPS) is 15.2. The molecule has 0 radical (unpaired) electrons. The molecule has 0 saturated carbocycles. The number of nitrogens with zero attached hydrogens (tertiary/aromatic N) is 2. The zero-order valence-corrected chi connectivity index (χ0v) is 16.1. The number of urea groups is 1. The third-order valence-corrected chi connectivity index (χ3v) is 4.94. The lowest BCUT2D eigenvalue weighted by molar-refractivity contribution is 0.191. The van der Waals surface area contributed by atoms with Crippen molar-refractivity contribution in [1.82, 2.24) is 10.2 Å². The number of hydrogen-bond donors (Lipinski definition) is 1. The van der Waals surface area contributed by atoms with Crippen LogP contribution in [0, 0.1) is 0 Å². The third-order valence-electron chi connectivity index (χ3n) is 4.94. The highest BCUT2D eigenvalue weighted by atomic mass is 16.5. The molecule has 2 aromatic rings. The van der Waals surface area contributed by atoms with Crippen LogP contribution in [-0.4, -0.2) is 51.3 Å². The van der Waals surface area contributed by atoms with Crippen molar-refractivity contribution in [3.05, 3.63) is 54.1 Å². The highest BCUT2D eigenvalue weighted by Crippen LogP contribution is 2.31. The van der Waals surface area contributed by atoms with Gasteiger partial charge in [-0.15, -0.1) is 0 Å². The van der Waals surface area contributed by atoms with Gasteiger partial charge in [-0.2, -0.15) is 0 Å². The van der Waals surface area contributed by atoms with E-state index in [4.69, 9.17) is 9.47 Å². The molecule has 2 aromatic carbocycles. The summed E-state index contributed by atoms with van der Waals surface area (Å²) in [6.45, 7) is 4.93. The van der Waals surface area contributed by atoms with Crippen LogP contribution in [0.5, 0.6) is 11.5 Å². The first-order chi connectivity index (χ1) is 13.1. The fourth-order valence-electron chi connectivity index (χ4n) is 3.29. The Balaban J connectivity index is 1.56. The van der Waals surface area contributed by atoms with E-state index >= 15 is 0 Å². The monoisotopic (exact) mass is 369 g/mol. The minimum absolute atomic E-state index is 0.0115. The van der Waals surface area contributed by atoms with Crippen LogP contribution >= 0.6 is 0 Å². The maximum Gasteiger partial charge on any atom is 0.317 e. The number of anilines is 1. The molecular weight excluding hydrogens is 342 g/mol. The summed E-state index contributed by atoms with van der Waals surface area (Å²) in [5.74, 6) is 1.43. The Bertz CT molecular complexity index is 759. The summed E-state index contributed by atoms with van der Waals surface area (Å²) in [5.41, 5.74) is 2.18. The van der Waals surface area contributed by atoms with Crippen LogP contribution in [-0.2, 0) is 0 Å². The average molecular weight is 369 g/mol. The number of hydrogen-bond acceptors (Lipinski definition) is 4. The SMILES string of the molecule is COc1ccc(N2CCN(C(=O)NC(C)c3ccccc3)CC2)cc1OC. The molecule has 3 rings (SSSR count). The van der Waals surface area contributed by atoms with E-state index in [9.17, 15) is 4.79 Å². The van der Waals surface area contributed by atoms with E-state index < -0.39 is 0 Å². The molecular formula is C21H27N3O3. The number of nitrogens with one attached hydrogen (secondary N) is 1. The largest absolute Gasteiger partial charge is 0.493 e. The Morgan fingerprint density at radius 2 is 1.63 bits per heavy atom. The second kappa shape index (κ2) is 8.66. The van der Waals surface area contributed by atoms with E-state index in [0.29, 0.717) is 24.6 Å². The van der Waals surface area contributed by atoms with Crippen molar-refractivity contribution in [2.75, 3.05) is 45.3 Å². The Kier molecular flexibility index (Phi) is 6.06. The molecule has 1 unspecified atom stereocenters. The van der Waals surface area contributed by atoms with Gasteiger partial charge in [-0.25, -0.2) is 4.79 Å². The van der Waals surface area contributed by atoms with Crippen molar-refractivity contribution >= 4 is 11.7 Å². The maximum absolute atomic E-state index is 12.6. The van der Waals surface area contributed by atoms with E-state index in [1.807, 2.05) is 60.4 Å². The summed E-state index contributed by atoms with van der Waals surface area (Å²) in [7, 11) is 3.27. The molecule has 1 aliphatic rings. The van der Waals surface area contributed by atoms with Gasteiger partial charge in [0.15, 0.2) is 11.5 Å². The van der Waals surface area contributed by atoms with Crippen molar-refractivity contribution < 1.29 is 14.3 Å². The fourth-order valence-corrected chi connectivity index (χ4v) is 3.29. The smallest absolute Gasteiger partial charge is 0.317 e. The first-order valence-electron chi connectivity index (χ1n) is 9.19. The van der Waals surface area contributed by atoms with E-state index in [-0.39, 0.29) is 12.1 Å². The average Bonchev–Trinajstić information content (AvgIpc) is 2.73. The number of carbonyl (C=O) groups is 1. The summed E-state index contributed by atoms with van der Waals surface area (Å²) in [6.07, 6.45) is 0. The lowest BCUT2D eigenvalue weighted by Gasteiger charge is -2.36. The first-order valence-corrected chi connectivity index (χ1v) is 9.19. The van der Waals surface area contributed by atoms with Gasteiger partial charge in [0.2, 0.25) is 0 Å². The fraction of sp³-hybridized carbons (Fsp3) is 0.381. The zero-order chi connectivity index (χ0) is 19.2. The van der Waals surface area contributed by atoms with Crippen LogP contribution in [0.1, 0.15) is 18.5 Å². The van der Waals surface area contributed by atoms with Gasteiger partial charge in [0.05, 0.1) is 20.3 Å². The number of piperazine rings is 1. The minimum atomic E-state index is -0.0154. The van der Waals surface area contributed by atoms with Gasteiger partial charge in [0.1, 0.15) is 0 Å². The summed E-state index contributed by atoms with van der Waals surface area (Å²) >= 11 is 0. The van der Waals surface area contributed by atoms with Gasteiger partial charge in [0.25, 0.3) is 0 Å². The van der Waals surface area contributed by atoms with E-state index in [1.165, 1.54) is 0 Å². The Labute approximate surface area is 160 Å². The van der Waals surface area contributed by atoms with Crippen LogP contribution < -0.4 is 19.7 Å². The first kappa shape index (κ1) is 18.9.